The maximum Gasteiger partial charge on any atom is 0.308 e. The Hall–Kier alpha value is -1.31. The average Bonchev–Trinajstić information content (AvgIpc) is 3.00. The average molecular weight is 204 g/mol. The van der Waals surface area contributed by atoms with Gasteiger partial charge in [0, 0.05) is 0 Å². The lowest BCUT2D eigenvalue weighted by Gasteiger charge is -2.01. The zero-order valence-corrected chi connectivity index (χ0v) is 9.19. The first-order chi connectivity index (χ1) is 7.20. The van der Waals surface area contributed by atoms with Crippen LogP contribution in [0.25, 0.3) is 0 Å². The zero-order valence-electron chi connectivity index (χ0n) is 9.19. The smallest absolute Gasteiger partial charge is 0.308 e. The number of methoxy groups -OCH3 is 1. The fourth-order valence-corrected chi connectivity index (χ4v) is 1.94. The molecule has 2 heteroatoms. The van der Waals surface area contributed by atoms with Gasteiger partial charge in [-0.05, 0) is 31.2 Å². The van der Waals surface area contributed by atoms with Crippen molar-refractivity contribution in [1.29, 1.82) is 0 Å². The predicted octanol–water partition coefficient (Wildman–Crippen LogP) is 2.35. The summed E-state index contributed by atoms with van der Waals surface area (Å²) in [4.78, 5) is 11.2. The van der Waals surface area contributed by atoms with E-state index in [4.69, 9.17) is 4.74 Å². The lowest BCUT2D eigenvalue weighted by Crippen LogP contribution is -2.05. The molecule has 0 N–H and O–H groups in total. The normalized spacial score (nSPS) is 23.6. The number of carbonyl (C=O) groups excluding carboxylic acids is 1. The largest absolute Gasteiger partial charge is 0.469 e. The van der Waals surface area contributed by atoms with E-state index in [-0.39, 0.29) is 11.9 Å². The van der Waals surface area contributed by atoms with Gasteiger partial charge in [0.05, 0.1) is 13.0 Å². The molecule has 1 aliphatic rings. The lowest BCUT2D eigenvalue weighted by atomic mass is 10.1. The quantitative estimate of drug-likeness (QED) is 0.706. The fourth-order valence-electron chi connectivity index (χ4n) is 1.94. The van der Waals surface area contributed by atoms with E-state index in [1.54, 1.807) is 0 Å². The first kappa shape index (κ1) is 10.2. The van der Waals surface area contributed by atoms with Crippen molar-refractivity contribution in [2.75, 3.05) is 7.11 Å². The number of hydrogen-bond acceptors (Lipinski definition) is 2. The first-order valence-electron chi connectivity index (χ1n) is 5.34. The van der Waals surface area contributed by atoms with Crippen molar-refractivity contribution >= 4 is 5.97 Å². The van der Waals surface area contributed by atoms with Gasteiger partial charge < -0.3 is 4.74 Å². The van der Waals surface area contributed by atoms with Gasteiger partial charge in [-0.3, -0.25) is 4.79 Å². The fraction of sp³-hybridized carbons (Fsp3) is 0.462. The van der Waals surface area contributed by atoms with Gasteiger partial charge in [0.25, 0.3) is 0 Å². The Labute approximate surface area is 90.3 Å². The second-order valence-corrected chi connectivity index (χ2v) is 4.32. The topological polar surface area (TPSA) is 26.3 Å². The monoisotopic (exact) mass is 204 g/mol. The van der Waals surface area contributed by atoms with Crippen LogP contribution in [0.2, 0.25) is 0 Å². The molecule has 2 rings (SSSR count). The van der Waals surface area contributed by atoms with Crippen LogP contribution >= 0.6 is 0 Å². The van der Waals surface area contributed by atoms with Crippen molar-refractivity contribution in [2.24, 2.45) is 11.8 Å². The molecule has 1 fully saturated rings. The predicted molar refractivity (Wildman–Crippen MR) is 58.5 cm³/mol. The molecule has 1 saturated carbocycles. The number of esters is 1. The minimum absolute atomic E-state index is 0.0490. The van der Waals surface area contributed by atoms with Gasteiger partial charge in [-0.25, -0.2) is 0 Å². The van der Waals surface area contributed by atoms with Gasteiger partial charge in [-0.15, -0.1) is 0 Å². The van der Waals surface area contributed by atoms with Crippen molar-refractivity contribution < 1.29 is 9.53 Å². The number of rotatable bonds is 3. The molecule has 15 heavy (non-hydrogen) atoms. The molecule has 0 radical (unpaired) electrons. The third-order valence-electron chi connectivity index (χ3n) is 3.05. The molecule has 0 spiro atoms. The highest BCUT2D eigenvalue weighted by molar-refractivity contribution is 5.75. The molecule has 1 aromatic carbocycles. The number of carbonyl (C=O) groups is 1. The summed E-state index contributed by atoms with van der Waals surface area (Å²) in [6.07, 6.45) is 1.99. The minimum Gasteiger partial charge on any atom is -0.469 e. The highest BCUT2D eigenvalue weighted by Gasteiger charge is 2.43. The van der Waals surface area contributed by atoms with E-state index < -0.39 is 0 Å². The van der Waals surface area contributed by atoms with Gasteiger partial charge in [0.15, 0.2) is 0 Å². The third-order valence-corrected chi connectivity index (χ3v) is 3.05. The molecule has 2 atom stereocenters. The molecular weight excluding hydrogens is 188 g/mol. The molecule has 80 valence electrons. The molecule has 0 bridgehead atoms. The maximum atomic E-state index is 11.2. The van der Waals surface area contributed by atoms with E-state index in [2.05, 4.69) is 31.2 Å². The summed E-state index contributed by atoms with van der Waals surface area (Å²) >= 11 is 0. The van der Waals surface area contributed by atoms with Crippen LogP contribution in [0.3, 0.4) is 0 Å². The molecule has 0 saturated heterocycles. The minimum atomic E-state index is -0.0490. The Morgan fingerprint density at radius 2 is 2.07 bits per heavy atom. The lowest BCUT2D eigenvalue weighted by molar-refractivity contribution is -0.142. The standard InChI is InChI=1S/C13H16O2/c1-9-3-5-10(6-4-9)7-11-8-12(11)13(14)15-2/h3-6,11-12H,7-8H2,1-2H3. The summed E-state index contributed by atoms with van der Waals surface area (Å²) < 4.78 is 4.72. The van der Waals surface area contributed by atoms with Gasteiger partial charge in [0.2, 0.25) is 0 Å². The molecule has 0 aliphatic heterocycles. The van der Waals surface area contributed by atoms with E-state index in [9.17, 15) is 4.79 Å². The molecule has 0 heterocycles. The Kier molecular flexibility index (Phi) is 2.76. The number of aryl methyl sites for hydroxylation is 1. The Morgan fingerprint density at radius 3 is 2.67 bits per heavy atom. The van der Waals surface area contributed by atoms with Gasteiger partial charge in [0.1, 0.15) is 0 Å². The highest BCUT2D eigenvalue weighted by Crippen LogP contribution is 2.41. The summed E-state index contributed by atoms with van der Waals surface area (Å²) in [5.74, 6) is 0.601. The van der Waals surface area contributed by atoms with Crippen molar-refractivity contribution in [2.45, 2.75) is 19.8 Å². The summed E-state index contributed by atoms with van der Waals surface area (Å²) in [6, 6.07) is 8.51. The SMILES string of the molecule is COC(=O)C1CC1Cc1ccc(C)cc1. The molecule has 1 aliphatic carbocycles. The second kappa shape index (κ2) is 4.05. The zero-order chi connectivity index (χ0) is 10.8. The van der Waals surface area contributed by atoms with Crippen molar-refractivity contribution in [3.05, 3.63) is 35.4 Å². The van der Waals surface area contributed by atoms with E-state index in [0.717, 1.165) is 12.8 Å². The van der Waals surface area contributed by atoms with Crippen molar-refractivity contribution in [1.82, 2.24) is 0 Å². The molecule has 2 nitrogen and oxygen atoms in total. The molecule has 2 unspecified atom stereocenters. The van der Waals surface area contributed by atoms with Crippen molar-refractivity contribution in [3.63, 3.8) is 0 Å². The molecule has 0 amide bonds. The highest BCUT2D eigenvalue weighted by atomic mass is 16.5. The summed E-state index contributed by atoms with van der Waals surface area (Å²) in [7, 11) is 1.46. The second-order valence-electron chi connectivity index (χ2n) is 4.32. The third kappa shape index (κ3) is 2.38. The van der Waals surface area contributed by atoms with Gasteiger partial charge in [-0.2, -0.15) is 0 Å². The van der Waals surface area contributed by atoms with E-state index in [1.165, 1.54) is 18.2 Å². The maximum absolute atomic E-state index is 11.2. The van der Waals surface area contributed by atoms with Crippen LogP contribution in [0, 0.1) is 18.8 Å². The molecule has 0 aromatic heterocycles. The van der Waals surface area contributed by atoms with Crippen LogP contribution in [0.4, 0.5) is 0 Å². The molecule has 1 aromatic rings. The van der Waals surface area contributed by atoms with Crippen molar-refractivity contribution in [3.8, 4) is 0 Å². The van der Waals surface area contributed by atoms with E-state index >= 15 is 0 Å². The van der Waals surface area contributed by atoms with Crippen LogP contribution in [0.1, 0.15) is 17.5 Å². The Bertz CT molecular complexity index is 353. The van der Waals surface area contributed by atoms with Crippen LogP contribution in [-0.4, -0.2) is 13.1 Å². The Morgan fingerprint density at radius 1 is 1.40 bits per heavy atom. The number of hydrogen-bond donors (Lipinski definition) is 0. The number of benzene rings is 1. The molecular formula is C13H16O2. The summed E-state index contributed by atoms with van der Waals surface area (Å²) in [5, 5.41) is 0. The van der Waals surface area contributed by atoms with E-state index in [0.29, 0.717) is 5.92 Å². The van der Waals surface area contributed by atoms with Crippen LogP contribution in [0.5, 0.6) is 0 Å². The van der Waals surface area contributed by atoms with Gasteiger partial charge >= 0.3 is 5.97 Å². The summed E-state index contributed by atoms with van der Waals surface area (Å²) in [6.45, 7) is 2.08. The Balaban J connectivity index is 1.90. The number of ether oxygens (including phenoxy) is 1. The van der Waals surface area contributed by atoms with Gasteiger partial charge in [-0.1, -0.05) is 29.8 Å². The van der Waals surface area contributed by atoms with E-state index in [1.807, 2.05) is 0 Å². The van der Waals surface area contributed by atoms with Crippen LogP contribution < -0.4 is 0 Å². The van der Waals surface area contributed by atoms with Crippen LogP contribution in [0.15, 0.2) is 24.3 Å². The summed E-state index contributed by atoms with van der Waals surface area (Å²) in [5.41, 5.74) is 2.59. The van der Waals surface area contributed by atoms with Crippen LogP contribution in [-0.2, 0) is 16.0 Å². The first-order valence-corrected chi connectivity index (χ1v) is 5.34.